The van der Waals surface area contributed by atoms with E-state index in [2.05, 4.69) is 6.92 Å². The fourth-order valence-corrected chi connectivity index (χ4v) is 2.38. The monoisotopic (exact) mass is 184 g/mol. The minimum Gasteiger partial charge on any atom is -0.383 e. The number of carbonyl (C=O) groups is 1. The molecule has 2 nitrogen and oxygen atoms in total. The fraction of sp³-hybridized carbons (Fsp3) is 0.909. The van der Waals surface area contributed by atoms with E-state index in [4.69, 9.17) is 0 Å². The Morgan fingerprint density at radius 1 is 1.54 bits per heavy atom. The lowest BCUT2D eigenvalue weighted by atomic mass is 9.77. The molecule has 0 aliphatic heterocycles. The Bertz CT molecular complexity index is 175. The molecule has 1 rings (SSSR count). The van der Waals surface area contributed by atoms with Crippen molar-refractivity contribution in [3.63, 3.8) is 0 Å². The summed E-state index contributed by atoms with van der Waals surface area (Å²) in [6, 6.07) is 0. The zero-order valence-corrected chi connectivity index (χ0v) is 8.62. The van der Waals surface area contributed by atoms with Gasteiger partial charge in [0.2, 0.25) is 0 Å². The van der Waals surface area contributed by atoms with Crippen molar-refractivity contribution in [1.29, 1.82) is 0 Å². The van der Waals surface area contributed by atoms with E-state index in [0.29, 0.717) is 18.6 Å². The first-order valence-corrected chi connectivity index (χ1v) is 5.22. The number of rotatable bonds is 3. The van der Waals surface area contributed by atoms with E-state index < -0.39 is 5.60 Å². The van der Waals surface area contributed by atoms with Crippen LogP contribution in [0.3, 0.4) is 0 Å². The fourth-order valence-electron chi connectivity index (χ4n) is 2.38. The maximum Gasteiger partial charge on any atom is 0.151 e. The van der Waals surface area contributed by atoms with Crippen molar-refractivity contribution in [3.05, 3.63) is 0 Å². The highest BCUT2D eigenvalue weighted by Crippen LogP contribution is 2.33. The Hall–Kier alpha value is -0.370. The minimum atomic E-state index is -1.10. The average molecular weight is 184 g/mol. The van der Waals surface area contributed by atoms with Crippen molar-refractivity contribution < 1.29 is 9.90 Å². The van der Waals surface area contributed by atoms with Gasteiger partial charge in [0.15, 0.2) is 6.29 Å². The van der Waals surface area contributed by atoms with E-state index in [0.717, 1.165) is 5.92 Å². The van der Waals surface area contributed by atoms with Gasteiger partial charge in [0.1, 0.15) is 5.60 Å². The molecule has 0 aromatic carbocycles. The standard InChI is InChI=1S/C11H20O2/c1-9-4-3-5-10(6-9)7-11(2,13)8-12/h8-10,13H,3-7H2,1-2H3. The summed E-state index contributed by atoms with van der Waals surface area (Å²) < 4.78 is 0. The Balaban J connectivity index is 2.39. The molecule has 0 heterocycles. The van der Waals surface area contributed by atoms with Crippen molar-refractivity contribution in [2.75, 3.05) is 0 Å². The highest BCUT2D eigenvalue weighted by atomic mass is 16.3. The number of carbonyl (C=O) groups excluding carboxylic acids is 1. The minimum absolute atomic E-state index is 0.545. The van der Waals surface area contributed by atoms with E-state index in [1.54, 1.807) is 6.92 Å². The maximum atomic E-state index is 10.5. The summed E-state index contributed by atoms with van der Waals surface area (Å²) in [6.07, 6.45) is 6.21. The van der Waals surface area contributed by atoms with E-state index in [-0.39, 0.29) is 0 Å². The van der Waals surface area contributed by atoms with Crippen molar-refractivity contribution in [3.8, 4) is 0 Å². The first-order valence-electron chi connectivity index (χ1n) is 5.22. The van der Waals surface area contributed by atoms with Crippen LogP contribution in [-0.2, 0) is 4.79 Å². The summed E-state index contributed by atoms with van der Waals surface area (Å²) in [7, 11) is 0. The predicted molar refractivity (Wildman–Crippen MR) is 52.4 cm³/mol. The van der Waals surface area contributed by atoms with Crippen LogP contribution in [0.1, 0.15) is 46.0 Å². The maximum absolute atomic E-state index is 10.5. The van der Waals surface area contributed by atoms with Crippen LogP contribution >= 0.6 is 0 Å². The molecule has 1 saturated carbocycles. The first kappa shape index (κ1) is 10.7. The Kier molecular flexibility index (Phi) is 3.48. The summed E-state index contributed by atoms with van der Waals surface area (Å²) in [5, 5.41) is 9.59. The quantitative estimate of drug-likeness (QED) is 0.682. The van der Waals surface area contributed by atoms with Crippen molar-refractivity contribution in [2.24, 2.45) is 11.8 Å². The van der Waals surface area contributed by atoms with Gasteiger partial charge in [-0.3, -0.25) is 0 Å². The zero-order chi connectivity index (χ0) is 9.90. The average Bonchev–Trinajstić information content (AvgIpc) is 2.03. The number of aldehydes is 1. The second kappa shape index (κ2) is 4.23. The third-order valence-electron chi connectivity index (χ3n) is 3.00. The third-order valence-corrected chi connectivity index (χ3v) is 3.00. The van der Waals surface area contributed by atoms with Gasteiger partial charge in [0, 0.05) is 0 Å². The van der Waals surface area contributed by atoms with Crippen molar-refractivity contribution in [2.45, 2.75) is 51.6 Å². The lowest BCUT2D eigenvalue weighted by Crippen LogP contribution is -2.31. The second-order valence-corrected chi connectivity index (χ2v) is 4.82. The molecule has 3 atom stereocenters. The highest BCUT2D eigenvalue weighted by molar-refractivity contribution is 5.61. The Morgan fingerprint density at radius 2 is 2.23 bits per heavy atom. The molecule has 0 bridgehead atoms. The number of aliphatic hydroxyl groups is 1. The van der Waals surface area contributed by atoms with Gasteiger partial charge in [-0.15, -0.1) is 0 Å². The van der Waals surface area contributed by atoms with Crippen LogP contribution in [0.4, 0.5) is 0 Å². The molecule has 76 valence electrons. The molecule has 0 amide bonds. The normalized spacial score (nSPS) is 33.8. The molecule has 1 N–H and O–H groups in total. The van der Waals surface area contributed by atoms with Crippen molar-refractivity contribution >= 4 is 6.29 Å². The van der Waals surface area contributed by atoms with Crippen LogP contribution in [0.25, 0.3) is 0 Å². The van der Waals surface area contributed by atoms with Gasteiger partial charge in [-0.2, -0.15) is 0 Å². The van der Waals surface area contributed by atoms with Crippen LogP contribution in [0.5, 0.6) is 0 Å². The van der Waals surface area contributed by atoms with Crippen LogP contribution < -0.4 is 0 Å². The number of hydrogen-bond donors (Lipinski definition) is 1. The molecule has 3 unspecified atom stereocenters. The van der Waals surface area contributed by atoms with Crippen LogP contribution in [0.15, 0.2) is 0 Å². The van der Waals surface area contributed by atoms with Gasteiger partial charge in [-0.25, -0.2) is 0 Å². The molecule has 2 heteroatoms. The molecule has 13 heavy (non-hydrogen) atoms. The molecular formula is C11H20O2. The van der Waals surface area contributed by atoms with Gasteiger partial charge in [-0.1, -0.05) is 26.2 Å². The third kappa shape index (κ3) is 3.47. The molecule has 1 aliphatic rings. The molecule has 0 spiro atoms. The lowest BCUT2D eigenvalue weighted by molar-refractivity contribution is -0.124. The van der Waals surface area contributed by atoms with E-state index in [1.807, 2.05) is 0 Å². The van der Waals surface area contributed by atoms with E-state index >= 15 is 0 Å². The van der Waals surface area contributed by atoms with Gasteiger partial charge in [0.05, 0.1) is 0 Å². The van der Waals surface area contributed by atoms with Crippen LogP contribution in [0.2, 0.25) is 0 Å². The molecule has 0 aromatic heterocycles. The van der Waals surface area contributed by atoms with Gasteiger partial charge in [-0.05, 0) is 31.6 Å². The Morgan fingerprint density at radius 3 is 2.77 bits per heavy atom. The summed E-state index contributed by atoms with van der Waals surface area (Å²) >= 11 is 0. The predicted octanol–water partition coefficient (Wildman–Crippen LogP) is 2.15. The lowest BCUT2D eigenvalue weighted by Gasteiger charge is -2.30. The molecule has 0 radical (unpaired) electrons. The molecule has 0 aromatic rings. The number of hydrogen-bond acceptors (Lipinski definition) is 2. The van der Waals surface area contributed by atoms with Gasteiger partial charge >= 0.3 is 0 Å². The van der Waals surface area contributed by atoms with E-state index in [1.165, 1.54) is 25.7 Å². The molecule has 1 fully saturated rings. The van der Waals surface area contributed by atoms with Crippen molar-refractivity contribution in [1.82, 2.24) is 0 Å². The summed E-state index contributed by atoms with van der Waals surface area (Å²) in [6.45, 7) is 3.86. The molecular weight excluding hydrogens is 164 g/mol. The highest BCUT2D eigenvalue weighted by Gasteiger charge is 2.27. The first-order chi connectivity index (χ1) is 6.03. The summed E-state index contributed by atoms with van der Waals surface area (Å²) in [4.78, 5) is 10.5. The second-order valence-electron chi connectivity index (χ2n) is 4.82. The van der Waals surface area contributed by atoms with Gasteiger partial charge < -0.3 is 9.90 Å². The van der Waals surface area contributed by atoms with E-state index in [9.17, 15) is 9.90 Å². The zero-order valence-electron chi connectivity index (χ0n) is 8.62. The molecule has 0 saturated heterocycles. The summed E-state index contributed by atoms with van der Waals surface area (Å²) in [5.41, 5.74) is -1.10. The van der Waals surface area contributed by atoms with Crippen LogP contribution in [-0.4, -0.2) is 17.0 Å². The van der Waals surface area contributed by atoms with Crippen LogP contribution in [0, 0.1) is 11.8 Å². The Labute approximate surface area is 80.3 Å². The summed E-state index contributed by atoms with van der Waals surface area (Å²) in [5.74, 6) is 1.31. The topological polar surface area (TPSA) is 37.3 Å². The smallest absolute Gasteiger partial charge is 0.151 e. The molecule has 1 aliphatic carbocycles. The van der Waals surface area contributed by atoms with Gasteiger partial charge in [0.25, 0.3) is 0 Å². The largest absolute Gasteiger partial charge is 0.383 e. The SMILES string of the molecule is CC1CCCC(CC(C)(O)C=O)C1.